The van der Waals surface area contributed by atoms with E-state index in [1.54, 1.807) is 51.1 Å². The number of halogens is 5. The number of nitrogens with one attached hydrogen (secondary N) is 1. The van der Waals surface area contributed by atoms with E-state index in [9.17, 15) is 22.1 Å². The van der Waals surface area contributed by atoms with Crippen LogP contribution in [-0.2, 0) is 29.5 Å². The lowest BCUT2D eigenvalue weighted by molar-refractivity contribution is -0.137. The predicted octanol–water partition coefficient (Wildman–Crippen LogP) is 6.43. The summed E-state index contributed by atoms with van der Waals surface area (Å²) in [6.07, 6.45) is -3.36. The molecule has 3 rings (SSSR count). The standard InChI is InChI=1S/C24H23ClF4N2OS/c1-22(2,3)33(32)31-23(14-16-7-5-4-6-8-16,21-10-9-19(25)15-30-21)17-11-18(24(27,28)29)13-20(26)12-17/h4-13,15,31H,14H2,1-3H3/t23?,33-/m1/s1. The zero-order chi connectivity index (χ0) is 24.4. The number of aromatic nitrogens is 1. The summed E-state index contributed by atoms with van der Waals surface area (Å²) in [5.74, 6) is -1.06. The van der Waals surface area contributed by atoms with Gasteiger partial charge in [-0.05, 0) is 62.2 Å². The molecule has 1 N–H and O–H groups in total. The Morgan fingerprint density at radius 2 is 1.61 bits per heavy atom. The van der Waals surface area contributed by atoms with Gasteiger partial charge in [0.1, 0.15) is 16.1 Å². The molecule has 0 spiro atoms. The Hall–Kier alpha value is -2.13. The summed E-state index contributed by atoms with van der Waals surface area (Å²) in [4.78, 5) is 4.35. The van der Waals surface area contributed by atoms with Crippen molar-refractivity contribution >= 4 is 23.0 Å². The van der Waals surface area contributed by atoms with Gasteiger partial charge in [-0.1, -0.05) is 41.9 Å². The summed E-state index contributed by atoms with van der Waals surface area (Å²) in [6, 6.07) is 14.3. The van der Waals surface area contributed by atoms with Gasteiger partial charge in [0.05, 0.1) is 16.3 Å². The fraction of sp³-hybridized carbons (Fsp3) is 0.292. The molecule has 0 radical (unpaired) electrons. The maximum atomic E-state index is 14.5. The summed E-state index contributed by atoms with van der Waals surface area (Å²) >= 11 is 4.26. The Balaban J connectivity index is 2.33. The number of benzene rings is 2. The quantitative estimate of drug-likeness (QED) is 0.314. The van der Waals surface area contributed by atoms with Gasteiger partial charge in [0.15, 0.2) is 0 Å². The first kappa shape index (κ1) is 25.5. The highest BCUT2D eigenvalue weighted by Crippen LogP contribution is 2.39. The van der Waals surface area contributed by atoms with Gasteiger partial charge < -0.3 is 4.55 Å². The first-order valence-electron chi connectivity index (χ1n) is 10.1. The van der Waals surface area contributed by atoms with Crippen molar-refractivity contribution in [2.24, 2.45) is 0 Å². The molecule has 3 nitrogen and oxygen atoms in total. The minimum absolute atomic E-state index is 0.0499. The van der Waals surface area contributed by atoms with Gasteiger partial charge in [0.2, 0.25) is 0 Å². The van der Waals surface area contributed by atoms with E-state index in [0.29, 0.717) is 11.1 Å². The molecule has 176 valence electrons. The van der Waals surface area contributed by atoms with Crippen LogP contribution in [0.25, 0.3) is 0 Å². The second-order valence-electron chi connectivity index (χ2n) is 8.64. The molecular weight excluding hydrogens is 476 g/mol. The molecule has 0 aliphatic rings. The minimum Gasteiger partial charge on any atom is -0.598 e. The normalized spacial score (nSPS) is 15.2. The molecule has 0 saturated carbocycles. The van der Waals surface area contributed by atoms with Crippen LogP contribution in [0.1, 0.15) is 43.2 Å². The van der Waals surface area contributed by atoms with Gasteiger partial charge in [-0.15, -0.1) is 4.72 Å². The van der Waals surface area contributed by atoms with Gasteiger partial charge in [-0.2, -0.15) is 13.2 Å². The fourth-order valence-electron chi connectivity index (χ4n) is 3.33. The van der Waals surface area contributed by atoms with Gasteiger partial charge in [0, 0.05) is 24.0 Å². The average molecular weight is 499 g/mol. The number of hydrogen-bond donors (Lipinski definition) is 1. The van der Waals surface area contributed by atoms with Crippen molar-refractivity contribution in [3.05, 3.63) is 100 Å². The van der Waals surface area contributed by atoms with Crippen LogP contribution in [0, 0.1) is 5.82 Å². The van der Waals surface area contributed by atoms with Crippen LogP contribution in [0.2, 0.25) is 5.02 Å². The highest BCUT2D eigenvalue weighted by Gasteiger charge is 2.45. The van der Waals surface area contributed by atoms with E-state index in [2.05, 4.69) is 9.71 Å². The van der Waals surface area contributed by atoms with Crippen molar-refractivity contribution in [3.63, 3.8) is 0 Å². The van der Waals surface area contributed by atoms with E-state index in [1.807, 2.05) is 0 Å². The Kier molecular flexibility index (Phi) is 7.43. The SMILES string of the molecule is CC(C)(C)[S@@+]([O-])NC(Cc1ccccc1)(c1cc(F)cc(C(F)(F)F)c1)c1ccc(Cl)cn1. The predicted molar refractivity (Wildman–Crippen MR) is 123 cm³/mol. The second-order valence-corrected chi connectivity index (χ2v) is 11.0. The lowest BCUT2D eigenvalue weighted by atomic mass is 9.81. The van der Waals surface area contributed by atoms with Crippen molar-refractivity contribution in [1.82, 2.24) is 9.71 Å². The van der Waals surface area contributed by atoms with Crippen LogP contribution >= 0.6 is 11.6 Å². The van der Waals surface area contributed by atoms with Crippen LogP contribution in [-0.4, -0.2) is 14.3 Å². The van der Waals surface area contributed by atoms with E-state index in [0.717, 1.165) is 17.7 Å². The molecule has 0 saturated heterocycles. The molecule has 0 aliphatic carbocycles. The Labute approximate surface area is 198 Å². The Morgan fingerprint density at radius 1 is 0.970 bits per heavy atom. The first-order chi connectivity index (χ1) is 15.3. The number of nitrogens with zero attached hydrogens (tertiary/aromatic N) is 1. The summed E-state index contributed by atoms with van der Waals surface area (Å²) in [6.45, 7) is 5.18. The maximum Gasteiger partial charge on any atom is 0.416 e. The largest absolute Gasteiger partial charge is 0.598 e. The highest BCUT2D eigenvalue weighted by molar-refractivity contribution is 7.90. The van der Waals surface area contributed by atoms with Gasteiger partial charge >= 0.3 is 6.18 Å². The van der Waals surface area contributed by atoms with Crippen LogP contribution in [0.15, 0.2) is 66.9 Å². The van der Waals surface area contributed by atoms with Crippen molar-refractivity contribution in [2.45, 2.75) is 43.7 Å². The molecule has 0 fully saturated rings. The van der Waals surface area contributed by atoms with E-state index in [4.69, 9.17) is 11.6 Å². The molecule has 33 heavy (non-hydrogen) atoms. The van der Waals surface area contributed by atoms with Gasteiger partial charge in [-0.25, -0.2) is 4.39 Å². The molecule has 1 aromatic heterocycles. The molecule has 1 unspecified atom stereocenters. The van der Waals surface area contributed by atoms with E-state index < -0.39 is 39.2 Å². The van der Waals surface area contributed by atoms with Crippen molar-refractivity contribution in [2.75, 3.05) is 0 Å². The van der Waals surface area contributed by atoms with E-state index >= 15 is 0 Å². The number of pyridine rings is 1. The molecule has 0 aliphatic heterocycles. The van der Waals surface area contributed by atoms with Crippen LogP contribution in [0.4, 0.5) is 17.6 Å². The minimum atomic E-state index is -4.77. The topological polar surface area (TPSA) is 48.0 Å². The Morgan fingerprint density at radius 3 is 2.15 bits per heavy atom. The lowest BCUT2D eigenvalue weighted by Gasteiger charge is -2.38. The molecule has 0 amide bonds. The molecule has 0 bridgehead atoms. The van der Waals surface area contributed by atoms with Crippen LogP contribution < -0.4 is 4.72 Å². The van der Waals surface area contributed by atoms with E-state index in [-0.39, 0.29) is 17.7 Å². The van der Waals surface area contributed by atoms with Crippen molar-refractivity contribution in [3.8, 4) is 0 Å². The number of alkyl halides is 3. The van der Waals surface area contributed by atoms with Crippen LogP contribution in [0.5, 0.6) is 0 Å². The average Bonchev–Trinajstić information content (AvgIpc) is 2.72. The highest BCUT2D eigenvalue weighted by atomic mass is 35.5. The molecule has 9 heteroatoms. The molecule has 1 heterocycles. The summed E-state index contributed by atoms with van der Waals surface area (Å²) in [5, 5.41) is 0.319. The van der Waals surface area contributed by atoms with Crippen LogP contribution in [0.3, 0.4) is 0 Å². The Bertz CT molecular complexity index is 1090. The second kappa shape index (κ2) is 9.62. The smallest absolute Gasteiger partial charge is 0.416 e. The number of rotatable bonds is 6. The van der Waals surface area contributed by atoms with E-state index in [1.165, 1.54) is 18.3 Å². The molecular formula is C24H23ClF4N2OS. The third-order valence-corrected chi connectivity index (χ3v) is 6.89. The molecule has 3 aromatic rings. The summed E-state index contributed by atoms with van der Waals surface area (Å²) < 4.78 is 70.8. The monoisotopic (exact) mass is 498 g/mol. The maximum absolute atomic E-state index is 14.5. The number of hydrogen-bond acceptors (Lipinski definition) is 3. The zero-order valence-corrected chi connectivity index (χ0v) is 19.8. The van der Waals surface area contributed by atoms with Gasteiger partial charge in [0.25, 0.3) is 0 Å². The van der Waals surface area contributed by atoms with Crippen molar-refractivity contribution < 1.29 is 22.1 Å². The summed E-state index contributed by atoms with van der Waals surface area (Å²) in [7, 11) is 0. The molecule has 2 atom stereocenters. The third-order valence-electron chi connectivity index (χ3n) is 5.02. The third kappa shape index (κ3) is 6.06. The lowest BCUT2D eigenvalue weighted by Crippen LogP contribution is -2.53. The molecule has 2 aromatic carbocycles. The first-order valence-corrected chi connectivity index (χ1v) is 11.6. The fourth-order valence-corrected chi connectivity index (χ4v) is 4.36. The zero-order valence-electron chi connectivity index (χ0n) is 18.2. The van der Waals surface area contributed by atoms with Gasteiger partial charge in [-0.3, -0.25) is 4.98 Å². The summed E-state index contributed by atoms with van der Waals surface area (Å²) in [5.41, 5.74) is -1.76. The van der Waals surface area contributed by atoms with Crippen molar-refractivity contribution in [1.29, 1.82) is 0 Å².